The van der Waals surface area contributed by atoms with Gasteiger partial charge in [0.25, 0.3) is 0 Å². The Morgan fingerprint density at radius 3 is 2.16 bits per heavy atom. The van der Waals surface area contributed by atoms with Crippen molar-refractivity contribution >= 4 is 11.9 Å². The molecule has 0 spiro atoms. The van der Waals surface area contributed by atoms with Crippen molar-refractivity contribution in [3.8, 4) is 23.0 Å². The van der Waals surface area contributed by atoms with Gasteiger partial charge in [-0.3, -0.25) is 4.79 Å². The van der Waals surface area contributed by atoms with E-state index >= 15 is 0 Å². The number of carbonyl (C=O) groups excluding carboxylic acids is 1. The Balaban J connectivity index is 2.00. The first-order valence-corrected chi connectivity index (χ1v) is 7.83. The summed E-state index contributed by atoms with van der Waals surface area (Å²) in [6, 6.07) is 9.11. The van der Waals surface area contributed by atoms with Crippen molar-refractivity contribution in [1.29, 1.82) is 0 Å². The van der Waals surface area contributed by atoms with Crippen molar-refractivity contribution in [2.24, 2.45) is 0 Å². The third-order valence-corrected chi connectivity index (χ3v) is 4.30. The van der Waals surface area contributed by atoms with Crippen LogP contribution in [0.4, 0.5) is 0 Å². The minimum absolute atomic E-state index is 0.00572. The van der Waals surface area contributed by atoms with E-state index < -0.39 is 0 Å². The molecule has 1 aliphatic carbocycles. The maximum atomic E-state index is 12.8. The van der Waals surface area contributed by atoms with E-state index in [-0.39, 0.29) is 5.78 Å². The number of allylic oxidation sites excluding steroid dienone is 1. The molecule has 25 heavy (non-hydrogen) atoms. The third kappa shape index (κ3) is 3.05. The van der Waals surface area contributed by atoms with Crippen molar-refractivity contribution in [2.75, 3.05) is 28.4 Å². The highest BCUT2D eigenvalue weighted by Crippen LogP contribution is 2.37. The standard InChI is InChI=1S/C20H20O5/c1-22-15-6-5-12(17(10-15)23-2)7-14-8-13-9-18(24-3)19(25-4)11-16(13)20(14)21/h5-7,9-11H,8H2,1-4H3. The minimum Gasteiger partial charge on any atom is -0.497 e. The highest BCUT2D eigenvalue weighted by molar-refractivity contribution is 6.16. The SMILES string of the molecule is COc1ccc(C=C2Cc3cc(OC)c(OC)cc3C2=O)c(OC)c1. The summed E-state index contributed by atoms with van der Waals surface area (Å²) in [6.45, 7) is 0. The van der Waals surface area contributed by atoms with Gasteiger partial charge in [0, 0.05) is 29.2 Å². The number of carbonyl (C=O) groups is 1. The summed E-state index contributed by atoms with van der Waals surface area (Å²) in [5.41, 5.74) is 3.12. The first-order valence-electron chi connectivity index (χ1n) is 7.83. The molecule has 0 aromatic heterocycles. The van der Waals surface area contributed by atoms with E-state index in [1.165, 1.54) is 0 Å². The molecule has 0 unspecified atom stereocenters. The molecule has 0 atom stereocenters. The van der Waals surface area contributed by atoms with Crippen LogP contribution in [0, 0.1) is 0 Å². The summed E-state index contributed by atoms with van der Waals surface area (Å²) >= 11 is 0. The molecular formula is C20H20O5. The van der Waals surface area contributed by atoms with Crippen molar-refractivity contribution in [3.63, 3.8) is 0 Å². The van der Waals surface area contributed by atoms with Crippen LogP contribution in [0.1, 0.15) is 21.5 Å². The molecule has 5 nitrogen and oxygen atoms in total. The van der Waals surface area contributed by atoms with Crippen LogP contribution in [-0.2, 0) is 6.42 Å². The summed E-state index contributed by atoms with van der Waals surface area (Å²) in [5, 5.41) is 0. The normalized spacial score (nSPS) is 14.4. The summed E-state index contributed by atoms with van der Waals surface area (Å²) in [4.78, 5) is 12.8. The van der Waals surface area contributed by atoms with Crippen molar-refractivity contribution in [3.05, 3.63) is 52.6 Å². The fraction of sp³-hybridized carbons (Fsp3) is 0.250. The van der Waals surface area contributed by atoms with E-state index in [0.29, 0.717) is 40.6 Å². The predicted octanol–water partition coefficient (Wildman–Crippen LogP) is 3.54. The maximum absolute atomic E-state index is 12.8. The molecule has 0 fully saturated rings. The molecule has 1 aliphatic rings. The maximum Gasteiger partial charge on any atom is 0.189 e. The molecule has 0 amide bonds. The minimum atomic E-state index is -0.00572. The van der Waals surface area contributed by atoms with Crippen LogP contribution in [0.5, 0.6) is 23.0 Å². The van der Waals surface area contributed by atoms with Gasteiger partial charge in [-0.15, -0.1) is 0 Å². The average Bonchev–Trinajstić information content (AvgIpc) is 2.95. The van der Waals surface area contributed by atoms with Crippen molar-refractivity contribution < 1.29 is 23.7 Å². The first kappa shape index (κ1) is 16.9. The highest BCUT2D eigenvalue weighted by Gasteiger charge is 2.27. The van der Waals surface area contributed by atoms with Crippen molar-refractivity contribution in [1.82, 2.24) is 0 Å². The lowest BCUT2D eigenvalue weighted by Crippen LogP contribution is -1.98. The molecule has 2 aromatic carbocycles. The van der Waals surface area contributed by atoms with Gasteiger partial charge in [-0.2, -0.15) is 0 Å². The average molecular weight is 340 g/mol. The van der Waals surface area contributed by atoms with E-state index in [2.05, 4.69) is 0 Å². The predicted molar refractivity (Wildman–Crippen MR) is 95.1 cm³/mol. The monoisotopic (exact) mass is 340 g/mol. The number of benzene rings is 2. The fourth-order valence-electron chi connectivity index (χ4n) is 2.98. The van der Waals surface area contributed by atoms with Gasteiger partial charge in [-0.05, 0) is 35.9 Å². The number of hydrogen-bond acceptors (Lipinski definition) is 5. The van der Waals surface area contributed by atoms with Gasteiger partial charge in [-0.1, -0.05) is 0 Å². The third-order valence-electron chi connectivity index (χ3n) is 4.30. The number of hydrogen-bond donors (Lipinski definition) is 0. The summed E-state index contributed by atoms with van der Waals surface area (Å²) in [5.74, 6) is 2.53. The van der Waals surface area contributed by atoms with Gasteiger partial charge < -0.3 is 18.9 Å². The Hall–Kier alpha value is -2.95. The second-order valence-corrected chi connectivity index (χ2v) is 5.65. The Bertz CT molecular complexity index is 851. The number of fused-ring (bicyclic) bond motifs is 1. The Morgan fingerprint density at radius 1 is 0.840 bits per heavy atom. The molecule has 0 aliphatic heterocycles. The second-order valence-electron chi connectivity index (χ2n) is 5.65. The zero-order valence-corrected chi connectivity index (χ0v) is 14.7. The van der Waals surface area contributed by atoms with Crippen LogP contribution >= 0.6 is 0 Å². The van der Waals surface area contributed by atoms with Gasteiger partial charge in [0.2, 0.25) is 0 Å². The highest BCUT2D eigenvalue weighted by atomic mass is 16.5. The molecule has 3 rings (SSSR count). The molecule has 0 saturated carbocycles. The van der Waals surface area contributed by atoms with Crippen LogP contribution in [0.3, 0.4) is 0 Å². The Morgan fingerprint density at radius 2 is 1.52 bits per heavy atom. The van der Waals surface area contributed by atoms with Gasteiger partial charge in [-0.25, -0.2) is 0 Å². The zero-order valence-electron chi connectivity index (χ0n) is 14.7. The molecule has 0 bridgehead atoms. The summed E-state index contributed by atoms with van der Waals surface area (Å²) in [7, 11) is 6.34. The van der Waals surface area contributed by atoms with Crippen molar-refractivity contribution in [2.45, 2.75) is 6.42 Å². The molecule has 130 valence electrons. The van der Waals surface area contributed by atoms with E-state index in [1.54, 1.807) is 40.6 Å². The summed E-state index contributed by atoms with van der Waals surface area (Å²) in [6.07, 6.45) is 2.41. The van der Waals surface area contributed by atoms with Crippen LogP contribution in [0.15, 0.2) is 35.9 Å². The van der Waals surface area contributed by atoms with E-state index in [1.807, 2.05) is 24.3 Å². The summed E-state index contributed by atoms with van der Waals surface area (Å²) < 4.78 is 21.2. The lowest BCUT2D eigenvalue weighted by atomic mass is 10.1. The molecule has 0 saturated heterocycles. The first-order chi connectivity index (χ1) is 12.1. The Kier molecular flexibility index (Phi) is 4.65. The molecule has 0 heterocycles. The van der Waals surface area contributed by atoms with Gasteiger partial charge in [0.05, 0.1) is 28.4 Å². The number of Topliss-reactive ketones (excluding diaryl/α,β-unsaturated/α-hetero) is 1. The molecule has 0 N–H and O–H groups in total. The van der Waals surface area contributed by atoms with Gasteiger partial charge in [0.15, 0.2) is 17.3 Å². The lowest BCUT2D eigenvalue weighted by Gasteiger charge is -2.08. The van der Waals surface area contributed by atoms with Crippen LogP contribution in [0.25, 0.3) is 6.08 Å². The van der Waals surface area contributed by atoms with Crippen LogP contribution in [0.2, 0.25) is 0 Å². The smallest absolute Gasteiger partial charge is 0.189 e. The van der Waals surface area contributed by atoms with E-state index in [9.17, 15) is 4.79 Å². The molecule has 2 aromatic rings. The van der Waals surface area contributed by atoms with Gasteiger partial charge in [0.1, 0.15) is 11.5 Å². The molecule has 0 radical (unpaired) electrons. The Labute approximate surface area is 146 Å². The second kappa shape index (κ2) is 6.89. The number of methoxy groups -OCH3 is 4. The topological polar surface area (TPSA) is 54.0 Å². The van der Waals surface area contributed by atoms with Gasteiger partial charge >= 0.3 is 0 Å². The largest absolute Gasteiger partial charge is 0.497 e. The van der Waals surface area contributed by atoms with Crippen LogP contribution < -0.4 is 18.9 Å². The van der Waals surface area contributed by atoms with E-state index in [0.717, 1.165) is 11.1 Å². The number of ketones is 1. The fourth-order valence-corrected chi connectivity index (χ4v) is 2.98. The molecule has 5 heteroatoms. The quantitative estimate of drug-likeness (QED) is 0.779. The zero-order chi connectivity index (χ0) is 18.0. The lowest BCUT2D eigenvalue weighted by molar-refractivity contribution is 0.104. The number of rotatable bonds is 5. The molecular weight excluding hydrogens is 320 g/mol. The van der Waals surface area contributed by atoms with Crippen LogP contribution in [-0.4, -0.2) is 34.2 Å². The van der Waals surface area contributed by atoms with E-state index in [4.69, 9.17) is 18.9 Å². The number of ether oxygens (including phenoxy) is 4.